The minimum atomic E-state index is -1.07. The number of carboxylic acid groups (broad SMARTS) is 2. The molecule has 0 radical (unpaired) electrons. The van der Waals surface area contributed by atoms with E-state index < -0.39 is 29.8 Å². The average Bonchev–Trinajstić information content (AvgIpc) is 2.65. The van der Waals surface area contributed by atoms with Gasteiger partial charge in [-0.1, -0.05) is 48.0 Å². The minimum Gasteiger partial charge on any atom is -0.481 e. The summed E-state index contributed by atoms with van der Waals surface area (Å²) in [6, 6.07) is 14.4. The number of benzene rings is 2. The first-order valence-corrected chi connectivity index (χ1v) is 9.23. The maximum Gasteiger partial charge on any atom is 0.308 e. The summed E-state index contributed by atoms with van der Waals surface area (Å²) in [4.78, 5) is 34.0. The zero-order valence-corrected chi connectivity index (χ0v) is 16.1. The van der Waals surface area contributed by atoms with Crippen molar-refractivity contribution in [2.24, 2.45) is 5.92 Å². The second kappa shape index (κ2) is 9.90. The van der Waals surface area contributed by atoms with Crippen molar-refractivity contribution in [3.05, 3.63) is 59.1 Å². The molecular weight excluding hydrogens is 382 g/mol. The van der Waals surface area contributed by atoms with E-state index in [0.29, 0.717) is 11.4 Å². The molecule has 0 aromatic heterocycles. The van der Waals surface area contributed by atoms with E-state index in [1.165, 1.54) is 6.92 Å². The summed E-state index contributed by atoms with van der Waals surface area (Å²) in [5.41, 5.74) is 2.80. The van der Waals surface area contributed by atoms with E-state index in [1.807, 2.05) is 42.5 Å². The SMILES string of the molecule is C[C@@H](C(=O)O)C(Cc1ccc(-c2cccc(Cl)c2)cc1)NC(=O)CCC(=O)O. The fourth-order valence-corrected chi connectivity index (χ4v) is 2.97. The number of aliphatic carboxylic acids is 2. The van der Waals surface area contributed by atoms with Crippen LogP contribution in [0.2, 0.25) is 5.02 Å². The lowest BCUT2D eigenvalue weighted by Crippen LogP contribution is -2.43. The van der Waals surface area contributed by atoms with Crippen LogP contribution in [0.15, 0.2) is 48.5 Å². The summed E-state index contributed by atoms with van der Waals surface area (Å²) in [7, 11) is 0. The lowest BCUT2D eigenvalue weighted by Gasteiger charge is -2.22. The van der Waals surface area contributed by atoms with Gasteiger partial charge in [-0.05, 0) is 42.2 Å². The van der Waals surface area contributed by atoms with Gasteiger partial charge in [0.1, 0.15) is 0 Å². The van der Waals surface area contributed by atoms with Crippen LogP contribution >= 0.6 is 11.6 Å². The molecule has 2 aromatic rings. The molecule has 0 heterocycles. The van der Waals surface area contributed by atoms with E-state index in [9.17, 15) is 19.5 Å². The number of nitrogens with one attached hydrogen (secondary N) is 1. The smallest absolute Gasteiger partial charge is 0.308 e. The Hall–Kier alpha value is -2.86. The molecule has 6 nitrogen and oxygen atoms in total. The molecule has 0 saturated carbocycles. The van der Waals surface area contributed by atoms with Gasteiger partial charge in [0.25, 0.3) is 0 Å². The van der Waals surface area contributed by atoms with Crippen LogP contribution in [0.1, 0.15) is 25.3 Å². The molecule has 2 atom stereocenters. The predicted molar refractivity (Wildman–Crippen MR) is 106 cm³/mol. The minimum absolute atomic E-state index is 0.189. The van der Waals surface area contributed by atoms with Crippen molar-refractivity contribution in [2.75, 3.05) is 0 Å². The van der Waals surface area contributed by atoms with E-state index in [1.54, 1.807) is 6.07 Å². The third-order valence-electron chi connectivity index (χ3n) is 4.47. The van der Waals surface area contributed by atoms with Crippen LogP contribution in [0, 0.1) is 5.92 Å². The van der Waals surface area contributed by atoms with Gasteiger partial charge in [0.05, 0.1) is 12.3 Å². The van der Waals surface area contributed by atoms with Crippen molar-refractivity contribution in [2.45, 2.75) is 32.2 Å². The summed E-state index contributed by atoms with van der Waals surface area (Å²) in [5.74, 6) is -3.40. The Balaban J connectivity index is 2.11. The maximum absolute atomic E-state index is 12.0. The second-order valence-electron chi connectivity index (χ2n) is 6.61. The van der Waals surface area contributed by atoms with Crippen LogP contribution < -0.4 is 5.32 Å². The van der Waals surface area contributed by atoms with Gasteiger partial charge in [-0.25, -0.2) is 0 Å². The molecule has 0 aliphatic carbocycles. The van der Waals surface area contributed by atoms with Crippen LogP contribution in [0.25, 0.3) is 11.1 Å². The summed E-state index contributed by atoms with van der Waals surface area (Å²) in [5, 5.41) is 21.3. The zero-order chi connectivity index (χ0) is 20.7. The van der Waals surface area contributed by atoms with Gasteiger partial charge in [0.2, 0.25) is 5.91 Å². The molecule has 0 saturated heterocycles. The molecular formula is C21H22ClNO5. The molecule has 0 fully saturated rings. The number of carbonyl (C=O) groups excluding carboxylic acids is 1. The van der Waals surface area contributed by atoms with Crippen molar-refractivity contribution in [3.63, 3.8) is 0 Å². The predicted octanol–water partition coefficient (Wildman–Crippen LogP) is 3.62. The largest absolute Gasteiger partial charge is 0.481 e. The van der Waals surface area contributed by atoms with Gasteiger partial charge in [-0.2, -0.15) is 0 Å². The molecule has 1 unspecified atom stereocenters. The summed E-state index contributed by atoms with van der Waals surface area (Å²) in [6.07, 6.45) is -0.164. The van der Waals surface area contributed by atoms with Crippen LogP contribution in [0.5, 0.6) is 0 Å². The molecule has 2 aromatic carbocycles. The first-order valence-electron chi connectivity index (χ1n) is 8.85. The summed E-state index contributed by atoms with van der Waals surface area (Å²) in [6.45, 7) is 1.52. The summed E-state index contributed by atoms with van der Waals surface area (Å²) < 4.78 is 0. The quantitative estimate of drug-likeness (QED) is 0.593. The molecule has 28 heavy (non-hydrogen) atoms. The Morgan fingerprint density at radius 3 is 2.25 bits per heavy atom. The van der Waals surface area contributed by atoms with E-state index in [2.05, 4.69) is 5.32 Å². The number of rotatable bonds is 9. The molecule has 0 aliphatic heterocycles. The van der Waals surface area contributed by atoms with Gasteiger partial charge < -0.3 is 15.5 Å². The third kappa shape index (κ3) is 6.39. The molecule has 2 rings (SSSR count). The van der Waals surface area contributed by atoms with Crippen molar-refractivity contribution in [1.29, 1.82) is 0 Å². The number of amides is 1. The molecule has 0 aliphatic rings. The van der Waals surface area contributed by atoms with Gasteiger partial charge >= 0.3 is 11.9 Å². The Morgan fingerprint density at radius 1 is 1.00 bits per heavy atom. The van der Waals surface area contributed by atoms with Crippen LogP contribution in [0.3, 0.4) is 0 Å². The molecule has 148 valence electrons. The van der Waals surface area contributed by atoms with Crippen molar-refractivity contribution in [1.82, 2.24) is 5.32 Å². The van der Waals surface area contributed by atoms with Gasteiger partial charge in [-0.15, -0.1) is 0 Å². The first-order chi connectivity index (χ1) is 13.3. The highest BCUT2D eigenvalue weighted by Gasteiger charge is 2.25. The Labute approximate surface area is 168 Å². The van der Waals surface area contributed by atoms with E-state index >= 15 is 0 Å². The molecule has 7 heteroatoms. The van der Waals surface area contributed by atoms with Gasteiger partial charge in [-0.3, -0.25) is 14.4 Å². The normalized spacial score (nSPS) is 12.8. The molecule has 0 bridgehead atoms. The van der Waals surface area contributed by atoms with Crippen LogP contribution in [-0.4, -0.2) is 34.1 Å². The highest BCUT2D eigenvalue weighted by molar-refractivity contribution is 6.30. The number of carbonyl (C=O) groups is 3. The fraction of sp³-hybridized carbons (Fsp3) is 0.286. The van der Waals surface area contributed by atoms with Gasteiger partial charge in [0, 0.05) is 17.5 Å². The average molecular weight is 404 g/mol. The first kappa shape index (κ1) is 21.4. The maximum atomic E-state index is 12.0. The lowest BCUT2D eigenvalue weighted by molar-refractivity contribution is -0.143. The molecule has 3 N–H and O–H groups in total. The van der Waals surface area contributed by atoms with E-state index in [4.69, 9.17) is 16.7 Å². The van der Waals surface area contributed by atoms with Crippen molar-refractivity contribution in [3.8, 4) is 11.1 Å². The Bertz CT molecular complexity index is 850. The topological polar surface area (TPSA) is 104 Å². The zero-order valence-electron chi connectivity index (χ0n) is 15.4. The highest BCUT2D eigenvalue weighted by atomic mass is 35.5. The second-order valence-corrected chi connectivity index (χ2v) is 7.04. The van der Waals surface area contributed by atoms with Crippen molar-refractivity contribution >= 4 is 29.4 Å². The number of halogens is 1. The van der Waals surface area contributed by atoms with Gasteiger partial charge in [0.15, 0.2) is 0 Å². The molecule has 1 amide bonds. The number of hydrogen-bond donors (Lipinski definition) is 3. The fourth-order valence-electron chi connectivity index (χ4n) is 2.78. The van der Waals surface area contributed by atoms with Crippen molar-refractivity contribution < 1.29 is 24.6 Å². The number of carboxylic acids is 2. The standard InChI is InChI=1S/C21H22ClNO5/c1-13(21(27)28)18(23-19(24)9-10-20(25)26)11-14-5-7-15(8-6-14)16-3-2-4-17(22)12-16/h2-8,12-13,18H,9-11H2,1H3,(H,23,24)(H,25,26)(H,27,28)/t13-,18?/m1/s1. The lowest BCUT2D eigenvalue weighted by atomic mass is 9.93. The number of hydrogen-bond acceptors (Lipinski definition) is 3. The Morgan fingerprint density at radius 2 is 1.68 bits per heavy atom. The monoisotopic (exact) mass is 403 g/mol. The molecule has 0 spiro atoms. The summed E-state index contributed by atoms with van der Waals surface area (Å²) >= 11 is 6.02. The van der Waals surface area contributed by atoms with E-state index in [0.717, 1.165) is 16.7 Å². The highest BCUT2D eigenvalue weighted by Crippen LogP contribution is 2.23. The third-order valence-corrected chi connectivity index (χ3v) is 4.71. The van der Waals surface area contributed by atoms with E-state index in [-0.39, 0.29) is 12.8 Å². The van der Waals surface area contributed by atoms with Crippen LogP contribution in [-0.2, 0) is 20.8 Å². The van der Waals surface area contributed by atoms with Crippen LogP contribution in [0.4, 0.5) is 0 Å². The Kier molecular flexibility index (Phi) is 7.58.